The summed E-state index contributed by atoms with van der Waals surface area (Å²) in [7, 11) is 1.87. The molecule has 100 valence electrons. The molecular weight excluding hydrogens is 241 g/mol. The molecule has 0 fully saturated rings. The third-order valence-electron chi connectivity index (χ3n) is 3.26. The van der Waals surface area contributed by atoms with Gasteiger partial charge in [0.15, 0.2) is 0 Å². The molecule has 0 spiro atoms. The van der Waals surface area contributed by atoms with Crippen LogP contribution in [0.1, 0.15) is 22.7 Å². The lowest BCUT2D eigenvalue weighted by atomic mass is 9.96. The van der Waals surface area contributed by atoms with Crippen LogP contribution in [0.15, 0.2) is 36.5 Å². The highest BCUT2D eigenvalue weighted by Gasteiger charge is 2.16. The number of anilines is 1. The zero-order valence-electron chi connectivity index (χ0n) is 11.2. The number of nitrogens with zero attached hydrogens (tertiary/aromatic N) is 1. The Bertz CT molecular complexity index is 549. The van der Waals surface area contributed by atoms with Crippen LogP contribution in [0.4, 0.5) is 10.2 Å². The molecule has 0 radical (unpaired) electrons. The first-order valence-electron chi connectivity index (χ1n) is 6.24. The Labute approximate surface area is 112 Å². The Balaban J connectivity index is 2.30. The molecule has 1 aromatic heterocycles. The van der Waals surface area contributed by atoms with E-state index in [4.69, 9.17) is 5.73 Å². The van der Waals surface area contributed by atoms with Gasteiger partial charge in [0.05, 0.1) is 0 Å². The van der Waals surface area contributed by atoms with Gasteiger partial charge in [-0.05, 0) is 49.7 Å². The van der Waals surface area contributed by atoms with E-state index in [0.29, 0.717) is 12.2 Å². The molecule has 0 saturated heterocycles. The highest BCUT2D eigenvalue weighted by molar-refractivity contribution is 5.46. The summed E-state index contributed by atoms with van der Waals surface area (Å²) in [5.41, 5.74) is 8.96. The van der Waals surface area contributed by atoms with E-state index >= 15 is 0 Å². The standard InChI is InChI=1S/C15H18FN3/c1-10-6-7-19-15(17)14(10)13(18-2)9-11-4-3-5-12(16)8-11/h3-8,13,18H,9H2,1-2H3,(H2,17,19). The molecule has 1 heterocycles. The van der Waals surface area contributed by atoms with Gasteiger partial charge in [0.25, 0.3) is 0 Å². The van der Waals surface area contributed by atoms with Gasteiger partial charge < -0.3 is 11.1 Å². The lowest BCUT2D eigenvalue weighted by Crippen LogP contribution is -2.21. The quantitative estimate of drug-likeness (QED) is 0.887. The molecule has 2 aromatic rings. The van der Waals surface area contributed by atoms with Gasteiger partial charge >= 0.3 is 0 Å². The van der Waals surface area contributed by atoms with E-state index in [1.807, 2.05) is 26.1 Å². The molecular formula is C15H18FN3. The van der Waals surface area contributed by atoms with Gasteiger partial charge in [-0.25, -0.2) is 9.37 Å². The number of hydrogen-bond acceptors (Lipinski definition) is 3. The van der Waals surface area contributed by atoms with Crippen LogP contribution in [0, 0.1) is 12.7 Å². The molecule has 4 heteroatoms. The Morgan fingerprint density at radius 1 is 1.37 bits per heavy atom. The van der Waals surface area contributed by atoms with Gasteiger partial charge in [0, 0.05) is 17.8 Å². The first kappa shape index (κ1) is 13.5. The lowest BCUT2D eigenvalue weighted by molar-refractivity contribution is 0.581. The van der Waals surface area contributed by atoms with Gasteiger partial charge in [-0.1, -0.05) is 12.1 Å². The molecule has 3 nitrogen and oxygen atoms in total. The van der Waals surface area contributed by atoms with Crippen LogP contribution in [0.3, 0.4) is 0 Å². The van der Waals surface area contributed by atoms with E-state index in [2.05, 4.69) is 10.3 Å². The fourth-order valence-corrected chi connectivity index (χ4v) is 2.29. The first-order chi connectivity index (χ1) is 9.11. The average Bonchev–Trinajstić information content (AvgIpc) is 2.37. The van der Waals surface area contributed by atoms with E-state index < -0.39 is 0 Å². The minimum atomic E-state index is -0.219. The van der Waals surface area contributed by atoms with Gasteiger partial charge in [0.2, 0.25) is 0 Å². The smallest absolute Gasteiger partial charge is 0.128 e. The summed E-state index contributed by atoms with van der Waals surface area (Å²) in [5, 5.41) is 3.23. The molecule has 0 aliphatic carbocycles. The fourth-order valence-electron chi connectivity index (χ4n) is 2.29. The van der Waals surface area contributed by atoms with Gasteiger partial charge in [-0.15, -0.1) is 0 Å². The van der Waals surface area contributed by atoms with Crippen LogP contribution in [0.5, 0.6) is 0 Å². The van der Waals surface area contributed by atoms with Crippen LogP contribution < -0.4 is 11.1 Å². The largest absolute Gasteiger partial charge is 0.383 e. The van der Waals surface area contributed by atoms with E-state index in [0.717, 1.165) is 16.7 Å². The van der Waals surface area contributed by atoms with Crippen LogP contribution in [-0.4, -0.2) is 12.0 Å². The van der Waals surface area contributed by atoms with Gasteiger partial charge in [-0.2, -0.15) is 0 Å². The van der Waals surface area contributed by atoms with E-state index in [-0.39, 0.29) is 11.9 Å². The molecule has 1 unspecified atom stereocenters. The predicted molar refractivity (Wildman–Crippen MR) is 75.3 cm³/mol. The molecule has 1 aromatic carbocycles. The summed E-state index contributed by atoms with van der Waals surface area (Å²) >= 11 is 0. The number of rotatable bonds is 4. The Hall–Kier alpha value is -1.94. The maximum absolute atomic E-state index is 13.2. The summed E-state index contributed by atoms with van der Waals surface area (Å²) in [5.74, 6) is 0.305. The Morgan fingerprint density at radius 3 is 2.79 bits per heavy atom. The minimum Gasteiger partial charge on any atom is -0.383 e. The molecule has 0 aliphatic rings. The third kappa shape index (κ3) is 3.09. The van der Waals surface area contributed by atoms with Crippen molar-refractivity contribution in [2.75, 3.05) is 12.8 Å². The van der Waals surface area contributed by atoms with E-state index in [9.17, 15) is 4.39 Å². The van der Waals surface area contributed by atoms with Crippen molar-refractivity contribution in [3.63, 3.8) is 0 Å². The normalized spacial score (nSPS) is 12.4. The molecule has 3 N–H and O–H groups in total. The molecule has 1 atom stereocenters. The number of nitrogen functional groups attached to an aromatic ring is 1. The van der Waals surface area contributed by atoms with E-state index in [1.54, 1.807) is 18.3 Å². The number of hydrogen-bond donors (Lipinski definition) is 2. The average molecular weight is 259 g/mol. The maximum Gasteiger partial charge on any atom is 0.128 e. The molecule has 0 aliphatic heterocycles. The van der Waals surface area contributed by atoms with Crippen molar-refractivity contribution >= 4 is 5.82 Å². The Kier molecular flexibility index (Phi) is 4.12. The van der Waals surface area contributed by atoms with Crippen LogP contribution >= 0.6 is 0 Å². The number of halogens is 1. The number of nitrogens with two attached hydrogens (primary N) is 1. The van der Waals surface area contributed by atoms with Gasteiger partial charge in [-0.3, -0.25) is 0 Å². The summed E-state index contributed by atoms with van der Waals surface area (Å²) < 4.78 is 13.2. The Morgan fingerprint density at radius 2 is 2.16 bits per heavy atom. The second-order valence-electron chi connectivity index (χ2n) is 4.60. The zero-order valence-corrected chi connectivity index (χ0v) is 11.2. The van der Waals surface area contributed by atoms with Crippen molar-refractivity contribution in [2.45, 2.75) is 19.4 Å². The van der Waals surface area contributed by atoms with Crippen molar-refractivity contribution in [1.29, 1.82) is 0 Å². The van der Waals surface area contributed by atoms with Crippen LogP contribution in [-0.2, 0) is 6.42 Å². The minimum absolute atomic E-state index is 0.0236. The lowest BCUT2D eigenvalue weighted by Gasteiger charge is -2.20. The third-order valence-corrected chi connectivity index (χ3v) is 3.26. The summed E-state index contributed by atoms with van der Waals surface area (Å²) in [6, 6.07) is 8.58. The van der Waals surface area contributed by atoms with Crippen LogP contribution in [0.25, 0.3) is 0 Å². The van der Waals surface area contributed by atoms with Crippen molar-refractivity contribution in [3.8, 4) is 0 Å². The second kappa shape index (κ2) is 5.80. The highest BCUT2D eigenvalue weighted by Crippen LogP contribution is 2.25. The first-order valence-corrected chi connectivity index (χ1v) is 6.24. The van der Waals surface area contributed by atoms with Crippen molar-refractivity contribution in [1.82, 2.24) is 10.3 Å². The number of nitrogens with one attached hydrogen (secondary N) is 1. The molecule has 0 bridgehead atoms. The zero-order chi connectivity index (χ0) is 13.8. The summed E-state index contributed by atoms with van der Waals surface area (Å²) in [6.07, 6.45) is 2.37. The molecule has 19 heavy (non-hydrogen) atoms. The number of benzene rings is 1. The van der Waals surface area contributed by atoms with Crippen molar-refractivity contribution < 1.29 is 4.39 Å². The predicted octanol–water partition coefficient (Wildman–Crippen LogP) is 2.61. The molecule has 2 rings (SSSR count). The van der Waals surface area contributed by atoms with Crippen molar-refractivity contribution in [3.05, 3.63) is 59.0 Å². The second-order valence-corrected chi connectivity index (χ2v) is 4.60. The maximum atomic E-state index is 13.2. The summed E-state index contributed by atoms with van der Waals surface area (Å²) in [4.78, 5) is 4.13. The van der Waals surface area contributed by atoms with Gasteiger partial charge in [0.1, 0.15) is 11.6 Å². The number of aryl methyl sites for hydroxylation is 1. The molecule has 0 saturated carbocycles. The van der Waals surface area contributed by atoms with E-state index in [1.165, 1.54) is 6.07 Å². The fraction of sp³-hybridized carbons (Fsp3) is 0.267. The highest BCUT2D eigenvalue weighted by atomic mass is 19.1. The van der Waals surface area contributed by atoms with Crippen LogP contribution in [0.2, 0.25) is 0 Å². The SMILES string of the molecule is CNC(Cc1cccc(F)c1)c1c(C)ccnc1N. The number of pyridine rings is 1. The summed E-state index contributed by atoms with van der Waals surface area (Å²) in [6.45, 7) is 2.00. The van der Waals surface area contributed by atoms with Crippen molar-refractivity contribution in [2.24, 2.45) is 0 Å². The number of aromatic nitrogens is 1. The molecule has 0 amide bonds. The topological polar surface area (TPSA) is 50.9 Å². The monoisotopic (exact) mass is 259 g/mol. The number of likely N-dealkylation sites (N-methyl/N-ethyl adjacent to an activating group) is 1.